The van der Waals surface area contributed by atoms with E-state index in [-0.39, 0.29) is 18.9 Å². The van der Waals surface area contributed by atoms with E-state index in [1.807, 2.05) is 6.08 Å². The number of amides is 1. The number of allylic oxidation sites excluding steroid dienone is 7. The summed E-state index contributed by atoms with van der Waals surface area (Å²) in [4.78, 5) is 13.3. The van der Waals surface area contributed by atoms with Gasteiger partial charge in [-0.3, -0.25) is 4.79 Å². The summed E-state index contributed by atoms with van der Waals surface area (Å²) in [5.74, 6) is -0.292. The lowest BCUT2D eigenvalue weighted by Gasteiger charge is -2.48. The zero-order valence-electron chi connectivity index (χ0n) is 45.7. The fourth-order valence-electron chi connectivity index (χ4n) is 9.55. The van der Waals surface area contributed by atoms with E-state index in [9.17, 15) is 61.0 Å². The zero-order chi connectivity index (χ0) is 55.5. The van der Waals surface area contributed by atoms with Crippen molar-refractivity contribution in [1.82, 2.24) is 5.32 Å². The Kier molecular flexibility index (Phi) is 36.6. The maximum Gasteiger partial charge on any atom is 0.220 e. The van der Waals surface area contributed by atoms with E-state index >= 15 is 0 Å². The first-order valence-corrected chi connectivity index (χ1v) is 28.9. The average molecular weight is 1090 g/mol. The predicted octanol–water partition coefficient (Wildman–Crippen LogP) is 4.31. The van der Waals surface area contributed by atoms with Crippen LogP contribution in [0.1, 0.15) is 174 Å². The minimum absolute atomic E-state index is 0.227. The van der Waals surface area contributed by atoms with Crippen molar-refractivity contribution in [2.45, 2.75) is 279 Å². The molecule has 3 fully saturated rings. The summed E-state index contributed by atoms with van der Waals surface area (Å²) in [6.07, 6.45) is 16.8. The standard InChI is InChI=1S/C57H101NO18/c1-3-5-7-9-11-13-15-16-17-18-19-20-21-22-23-24-25-27-29-31-33-35-45(63)58-40(41(62)34-32-30-28-26-14-12-10-8-6-4-2)39-71-55-51(69)48(66)53(43(37-60)73-55)76-57-52(70)49(67)54(44(38-61)74-57)75-56-50(68)47(65)46(64)42(36-59)72-56/h15-16,18-19,21-22,32,34,40-44,46-57,59-62,64-70H,3-14,17,20,23-31,33,35-39H2,1-2H3,(H,58,63)/b16-15-,19-18-,22-21-,34-32+. The van der Waals surface area contributed by atoms with Crippen LogP contribution in [0, 0.1) is 0 Å². The van der Waals surface area contributed by atoms with Crippen LogP contribution in [0.5, 0.6) is 0 Å². The molecule has 0 bridgehead atoms. The molecule has 0 aliphatic carbocycles. The van der Waals surface area contributed by atoms with Crippen LogP contribution in [0.25, 0.3) is 0 Å². The van der Waals surface area contributed by atoms with Crippen molar-refractivity contribution >= 4 is 5.91 Å². The lowest BCUT2D eigenvalue weighted by atomic mass is 9.96. The molecule has 12 N–H and O–H groups in total. The van der Waals surface area contributed by atoms with Crippen LogP contribution in [0.2, 0.25) is 0 Å². The fraction of sp³-hybridized carbons (Fsp3) is 0.842. The van der Waals surface area contributed by atoms with E-state index in [0.29, 0.717) is 6.42 Å². The molecule has 3 saturated heterocycles. The second kappa shape index (κ2) is 40.9. The number of ether oxygens (including phenoxy) is 6. The first-order valence-electron chi connectivity index (χ1n) is 28.9. The third kappa shape index (κ3) is 25.0. The van der Waals surface area contributed by atoms with Gasteiger partial charge in [0.05, 0.1) is 38.6 Å². The van der Waals surface area contributed by atoms with Crippen molar-refractivity contribution in [1.29, 1.82) is 0 Å². The fourth-order valence-corrected chi connectivity index (χ4v) is 9.55. The Hall–Kier alpha value is -2.25. The van der Waals surface area contributed by atoms with Crippen LogP contribution in [0.15, 0.2) is 48.6 Å². The number of aliphatic hydroxyl groups excluding tert-OH is 11. The van der Waals surface area contributed by atoms with E-state index in [4.69, 9.17) is 28.4 Å². The van der Waals surface area contributed by atoms with Crippen molar-refractivity contribution < 1.29 is 89.4 Å². The van der Waals surface area contributed by atoms with Crippen LogP contribution in [0.3, 0.4) is 0 Å². The maximum absolute atomic E-state index is 13.3. The molecule has 0 aromatic rings. The second-order valence-electron chi connectivity index (χ2n) is 20.8. The van der Waals surface area contributed by atoms with Gasteiger partial charge in [0.25, 0.3) is 0 Å². The highest BCUT2D eigenvalue weighted by molar-refractivity contribution is 5.76. The molecule has 3 rings (SSSR count). The third-order valence-electron chi connectivity index (χ3n) is 14.4. The lowest BCUT2D eigenvalue weighted by molar-refractivity contribution is -0.379. The first-order chi connectivity index (χ1) is 36.8. The van der Waals surface area contributed by atoms with Crippen LogP contribution >= 0.6 is 0 Å². The van der Waals surface area contributed by atoms with Gasteiger partial charge in [0.1, 0.15) is 73.2 Å². The maximum atomic E-state index is 13.3. The van der Waals surface area contributed by atoms with Gasteiger partial charge in [0, 0.05) is 6.42 Å². The number of unbranched alkanes of at least 4 members (excludes halogenated alkanes) is 19. The molecule has 0 spiro atoms. The minimum Gasteiger partial charge on any atom is -0.394 e. The van der Waals surface area contributed by atoms with Gasteiger partial charge in [-0.15, -0.1) is 0 Å². The molecule has 19 nitrogen and oxygen atoms in total. The van der Waals surface area contributed by atoms with Gasteiger partial charge in [-0.2, -0.15) is 0 Å². The van der Waals surface area contributed by atoms with Gasteiger partial charge in [0.15, 0.2) is 18.9 Å². The van der Waals surface area contributed by atoms with Crippen LogP contribution in [-0.2, 0) is 33.2 Å². The monoisotopic (exact) mass is 1090 g/mol. The number of rotatable bonds is 41. The molecule has 0 aromatic carbocycles. The normalized spacial score (nSPS) is 31.3. The van der Waals surface area contributed by atoms with Crippen molar-refractivity contribution in [2.24, 2.45) is 0 Å². The van der Waals surface area contributed by atoms with Crippen molar-refractivity contribution in [2.75, 3.05) is 26.4 Å². The largest absolute Gasteiger partial charge is 0.394 e. The Morgan fingerprint density at radius 3 is 1.36 bits per heavy atom. The first kappa shape index (κ1) is 68.0. The second-order valence-corrected chi connectivity index (χ2v) is 20.8. The Labute approximate surface area is 453 Å². The Bertz CT molecular complexity index is 1580. The number of carbonyl (C=O) groups is 1. The summed E-state index contributed by atoms with van der Waals surface area (Å²) < 4.78 is 34.1. The van der Waals surface area contributed by atoms with E-state index in [1.54, 1.807) is 6.08 Å². The number of nitrogens with one attached hydrogen (secondary N) is 1. The summed E-state index contributed by atoms with van der Waals surface area (Å²) in [6, 6.07) is -0.979. The highest BCUT2D eigenvalue weighted by atomic mass is 16.8. The molecule has 442 valence electrons. The molecule has 0 radical (unpaired) electrons. The SMILES string of the molecule is CCCCCCC/C=C\C/C=C\C/C=C\CCCCCCCCC(=O)NC(COC1OC(CO)C(OC2OC(CO)C(OC3OC(CO)C(O)C(O)C3O)C(O)C2O)C(O)C1O)C(O)/C=C/CCCCCCCCCC. The lowest BCUT2D eigenvalue weighted by Crippen LogP contribution is -2.66. The molecule has 17 unspecified atom stereocenters. The van der Waals surface area contributed by atoms with Crippen molar-refractivity contribution in [3.05, 3.63) is 48.6 Å². The van der Waals surface area contributed by atoms with Gasteiger partial charge >= 0.3 is 0 Å². The summed E-state index contributed by atoms with van der Waals surface area (Å²) in [5, 5.41) is 120. The number of hydrogen-bond acceptors (Lipinski definition) is 18. The van der Waals surface area contributed by atoms with Gasteiger partial charge in [-0.25, -0.2) is 0 Å². The molecule has 76 heavy (non-hydrogen) atoms. The molecule has 0 saturated carbocycles. The summed E-state index contributed by atoms with van der Waals surface area (Å²) in [5.41, 5.74) is 0. The summed E-state index contributed by atoms with van der Waals surface area (Å²) in [7, 11) is 0. The van der Waals surface area contributed by atoms with Crippen LogP contribution in [-0.4, -0.2) is 193 Å². The molecule has 3 heterocycles. The summed E-state index contributed by atoms with van der Waals surface area (Å²) >= 11 is 0. The molecule has 0 aromatic heterocycles. The zero-order valence-corrected chi connectivity index (χ0v) is 45.7. The Balaban J connectivity index is 1.49. The quantitative estimate of drug-likeness (QED) is 0.0300. The topological polar surface area (TPSA) is 307 Å². The Morgan fingerprint density at radius 2 is 0.868 bits per heavy atom. The molecule has 19 heteroatoms. The van der Waals surface area contributed by atoms with Crippen LogP contribution in [0.4, 0.5) is 0 Å². The highest BCUT2D eigenvalue weighted by Gasteiger charge is 2.53. The summed E-state index contributed by atoms with van der Waals surface area (Å²) in [6.45, 7) is 1.65. The number of hydrogen-bond donors (Lipinski definition) is 12. The van der Waals surface area contributed by atoms with E-state index in [2.05, 4.69) is 55.6 Å². The molecular formula is C57H101NO18. The third-order valence-corrected chi connectivity index (χ3v) is 14.4. The van der Waals surface area contributed by atoms with Gasteiger partial charge in [-0.05, 0) is 57.8 Å². The van der Waals surface area contributed by atoms with Crippen molar-refractivity contribution in [3.8, 4) is 0 Å². The molecule has 3 aliphatic rings. The minimum atomic E-state index is -1.98. The van der Waals surface area contributed by atoms with E-state index in [0.717, 1.165) is 77.0 Å². The average Bonchev–Trinajstić information content (AvgIpc) is 3.42. The Morgan fingerprint density at radius 1 is 0.474 bits per heavy atom. The number of carbonyl (C=O) groups excluding carboxylic acids is 1. The highest BCUT2D eigenvalue weighted by Crippen LogP contribution is 2.33. The molecule has 1 amide bonds. The predicted molar refractivity (Wildman–Crippen MR) is 286 cm³/mol. The van der Waals surface area contributed by atoms with E-state index in [1.165, 1.54) is 70.6 Å². The van der Waals surface area contributed by atoms with Crippen molar-refractivity contribution in [3.63, 3.8) is 0 Å². The molecule has 3 aliphatic heterocycles. The van der Waals surface area contributed by atoms with Gasteiger partial charge in [-0.1, -0.05) is 159 Å². The van der Waals surface area contributed by atoms with Crippen LogP contribution < -0.4 is 5.32 Å². The van der Waals surface area contributed by atoms with Gasteiger partial charge < -0.3 is 89.9 Å². The molecular weight excluding hydrogens is 987 g/mol. The smallest absolute Gasteiger partial charge is 0.220 e. The number of aliphatic hydroxyl groups is 11. The van der Waals surface area contributed by atoms with Gasteiger partial charge in [0.2, 0.25) is 5.91 Å². The van der Waals surface area contributed by atoms with E-state index < -0.39 is 124 Å². The molecule has 17 atom stereocenters.